The van der Waals surface area contributed by atoms with Gasteiger partial charge in [-0.25, -0.2) is 0 Å². The molecule has 3 N–H and O–H groups in total. The molecule has 1 aliphatic heterocycles. The van der Waals surface area contributed by atoms with Gasteiger partial charge in [-0.3, -0.25) is 0 Å². The van der Waals surface area contributed by atoms with Crippen molar-refractivity contribution in [3.05, 3.63) is 35.4 Å². The van der Waals surface area contributed by atoms with Crippen molar-refractivity contribution >= 4 is 0 Å². The SMILES string of the molecule is Cc1ccc(CC(N)C2CCNC2)cc1. The van der Waals surface area contributed by atoms with Crippen molar-refractivity contribution in [1.82, 2.24) is 5.32 Å². The Labute approximate surface area is 91.9 Å². The van der Waals surface area contributed by atoms with Gasteiger partial charge in [0.1, 0.15) is 0 Å². The molecular weight excluding hydrogens is 184 g/mol. The third kappa shape index (κ3) is 2.80. The first kappa shape index (κ1) is 10.7. The lowest BCUT2D eigenvalue weighted by molar-refractivity contribution is 0.452. The van der Waals surface area contributed by atoms with Crippen molar-refractivity contribution in [3.63, 3.8) is 0 Å². The number of aryl methyl sites for hydroxylation is 1. The quantitative estimate of drug-likeness (QED) is 0.782. The first-order valence-electron chi connectivity index (χ1n) is 5.77. The van der Waals surface area contributed by atoms with E-state index < -0.39 is 0 Å². The summed E-state index contributed by atoms with van der Waals surface area (Å²) < 4.78 is 0. The van der Waals surface area contributed by atoms with Crippen LogP contribution in [0.15, 0.2) is 24.3 Å². The highest BCUT2D eigenvalue weighted by Gasteiger charge is 2.21. The van der Waals surface area contributed by atoms with Crippen LogP contribution in [0, 0.1) is 12.8 Å². The van der Waals surface area contributed by atoms with E-state index >= 15 is 0 Å². The smallest absolute Gasteiger partial charge is 0.0120 e. The van der Waals surface area contributed by atoms with Crippen LogP contribution >= 0.6 is 0 Å². The summed E-state index contributed by atoms with van der Waals surface area (Å²) in [5.41, 5.74) is 8.88. The molecule has 1 aliphatic rings. The molecule has 0 bridgehead atoms. The third-order valence-electron chi connectivity index (χ3n) is 3.30. The summed E-state index contributed by atoms with van der Waals surface area (Å²) in [5.74, 6) is 0.659. The summed E-state index contributed by atoms with van der Waals surface area (Å²) in [6.07, 6.45) is 2.24. The number of nitrogens with two attached hydrogens (primary N) is 1. The molecule has 1 aromatic rings. The maximum atomic E-state index is 6.21. The van der Waals surface area contributed by atoms with E-state index in [9.17, 15) is 0 Å². The van der Waals surface area contributed by atoms with Crippen molar-refractivity contribution in [3.8, 4) is 0 Å². The second-order valence-corrected chi connectivity index (χ2v) is 4.61. The highest BCUT2D eigenvalue weighted by molar-refractivity contribution is 5.22. The van der Waals surface area contributed by atoms with E-state index in [4.69, 9.17) is 5.73 Å². The van der Waals surface area contributed by atoms with Crippen molar-refractivity contribution in [2.24, 2.45) is 11.7 Å². The molecule has 2 nitrogen and oxygen atoms in total. The molecule has 0 aliphatic carbocycles. The molecule has 1 heterocycles. The Morgan fingerprint density at radius 2 is 2.13 bits per heavy atom. The van der Waals surface area contributed by atoms with E-state index in [0.717, 1.165) is 19.5 Å². The molecule has 0 spiro atoms. The van der Waals surface area contributed by atoms with E-state index in [-0.39, 0.29) is 0 Å². The fraction of sp³-hybridized carbons (Fsp3) is 0.538. The molecule has 0 amide bonds. The molecule has 2 heteroatoms. The standard InChI is InChI=1S/C13H20N2/c1-10-2-4-11(5-3-10)8-13(14)12-6-7-15-9-12/h2-5,12-13,15H,6-9,14H2,1H3. The zero-order chi connectivity index (χ0) is 10.7. The number of hydrogen-bond donors (Lipinski definition) is 2. The summed E-state index contributed by atoms with van der Waals surface area (Å²) in [5, 5.41) is 3.37. The summed E-state index contributed by atoms with van der Waals surface area (Å²) in [4.78, 5) is 0. The predicted molar refractivity (Wildman–Crippen MR) is 63.8 cm³/mol. The van der Waals surface area contributed by atoms with E-state index in [1.165, 1.54) is 17.5 Å². The molecule has 15 heavy (non-hydrogen) atoms. The number of hydrogen-bond acceptors (Lipinski definition) is 2. The lowest BCUT2D eigenvalue weighted by Crippen LogP contribution is -2.33. The van der Waals surface area contributed by atoms with Gasteiger partial charge in [-0.05, 0) is 44.3 Å². The van der Waals surface area contributed by atoms with Gasteiger partial charge in [-0.2, -0.15) is 0 Å². The minimum Gasteiger partial charge on any atom is -0.327 e. The van der Waals surface area contributed by atoms with Gasteiger partial charge >= 0.3 is 0 Å². The summed E-state index contributed by atoms with van der Waals surface area (Å²) in [6, 6.07) is 9.02. The average Bonchev–Trinajstić information content (AvgIpc) is 2.74. The maximum absolute atomic E-state index is 6.21. The second kappa shape index (κ2) is 4.77. The van der Waals surface area contributed by atoms with Crippen LogP contribution in [-0.4, -0.2) is 19.1 Å². The van der Waals surface area contributed by atoms with Crippen LogP contribution in [0.5, 0.6) is 0 Å². The van der Waals surface area contributed by atoms with Crippen LogP contribution in [0.1, 0.15) is 17.5 Å². The highest BCUT2D eigenvalue weighted by atomic mass is 14.9. The van der Waals surface area contributed by atoms with E-state index in [2.05, 4.69) is 36.5 Å². The van der Waals surface area contributed by atoms with E-state index in [1.807, 2.05) is 0 Å². The molecule has 1 aromatic carbocycles. The lowest BCUT2D eigenvalue weighted by Gasteiger charge is -2.18. The highest BCUT2D eigenvalue weighted by Crippen LogP contribution is 2.15. The van der Waals surface area contributed by atoms with Crippen LogP contribution in [0.4, 0.5) is 0 Å². The lowest BCUT2D eigenvalue weighted by atomic mass is 9.93. The van der Waals surface area contributed by atoms with Crippen LogP contribution in [0.25, 0.3) is 0 Å². The third-order valence-corrected chi connectivity index (χ3v) is 3.30. The fourth-order valence-electron chi connectivity index (χ4n) is 2.21. The van der Waals surface area contributed by atoms with Crippen molar-refractivity contribution in [1.29, 1.82) is 0 Å². The minimum absolute atomic E-state index is 0.308. The topological polar surface area (TPSA) is 38.0 Å². The largest absolute Gasteiger partial charge is 0.327 e. The Morgan fingerprint density at radius 3 is 2.73 bits per heavy atom. The zero-order valence-corrected chi connectivity index (χ0v) is 9.37. The summed E-state index contributed by atoms with van der Waals surface area (Å²) in [7, 11) is 0. The van der Waals surface area contributed by atoms with Gasteiger partial charge in [0.25, 0.3) is 0 Å². The number of benzene rings is 1. The van der Waals surface area contributed by atoms with Crippen LogP contribution < -0.4 is 11.1 Å². The summed E-state index contributed by atoms with van der Waals surface area (Å²) >= 11 is 0. The second-order valence-electron chi connectivity index (χ2n) is 4.61. The minimum atomic E-state index is 0.308. The van der Waals surface area contributed by atoms with Gasteiger partial charge in [0, 0.05) is 6.04 Å². The first-order chi connectivity index (χ1) is 7.25. The fourth-order valence-corrected chi connectivity index (χ4v) is 2.21. The van der Waals surface area contributed by atoms with E-state index in [0.29, 0.717) is 12.0 Å². The number of nitrogens with one attached hydrogen (secondary N) is 1. The molecule has 1 fully saturated rings. The van der Waals surface area contributed by atoms with Crippen molar-refractivity contribution < 1.29 is 0 Å². The van der Waals surface area contributed by atoms with Crippen LogP contribution in [0.2, 0.25) is 0 Å². The van der Waals surface area contributed by atoms with Crippen LogP contribution in [-0.2, 0) is 6.42 Å². The monoisotopic (exact) mass is 204 g/mol. The Morgan fingerprint density at radius 1 is 1.40 bits per heavy atom. The molecule has 2 rings (SSSR count). The molecule has 2 unspecified atom stereocenters. The van der Waals surface area contributed by atoms with Crippen LogP contribution in [0.3, 0.4) is 0 Å². The first-order valence-corrected chi connectivity index (χ1v) is 5.77. The van der Waals surface area contributed by atoms with Gasteiger partial charge in [0.05, 0.1) is 0 Å². The Balaban J connectivity index is 1.92. The summed E-state index contributed by atoms with van der Waals surface area (Å²) in [6.45, 7) is 4.34. The van der Waals surface area contributed by atoms with Gasteiger partial charge in [0.15, 0.2) is 0 Å². The van der Waals surface area contributed by atoms with Gasteiger partial charge in [-0.15, -0.1) is 0 Å². The molecule has 82 valence electrons. The van der Waals surface area contributed by atoms with Gasteiger partial charge < -0.3 is 11.1 Å². The Kier molecular flexibility index (Phi) is 3.39. The van der Waals surface area contributed by atoms with Gasteiger partial charge in [0.2, 0.25) is 0 Å². The molecular formula is C13H20N2. The molecule has 2 atom stereocenters. The van der Waals surface area contributed by atoms with Gasteiger partial charge in [-0.1, -0.05) is 29.8 Å². The van der Waals surface area contributed by atoms with Crippen molar-refractivity contribution in [2.75, 3.05) is 13.1 Å². The molecule has 0 radical (unpaired) electrons. The molecule has 1 saturated heterocycles. The predicted octanol–water partition coefficient (Wildman–Crippen LogP) is 1.47. The van der Waals surface area contributed by atoms with Crippen molar-refractivity contribution in [2.45, 2.75) is 25.8 Å². The molecule has 0 saturated carbocycles. The Hall–Kier alpha value is -0.860. The maximum Gasteiger partial charge on any atom is 0.0120 e. The normalized spacial score (nSPS) is 22.9. The number of rotatable bonds is 3. The average molecular weight is 204 g/mol. The zero-order valence-electron chi connectivity index (χ0n) is 9.37. The molecule has 0 aromatic heterocycles. The Bertz CT molecular complexity index is 299. The van der Waals surface area contributed by atoms with E-state index in [1.54, 1.807) is 0 Å².